The molecule has 5 heterocycles. The van der Waals surface area contributed by atoms with Crippen LogP contribution in [-0.2, 0) is 13.5 Å². The smallest absolute Gasteiger partial charge is 0.272 e. The van der Waals surface area contributed by atoms with Crippen LogP contribution >= 0.6 is 0 Å². The van der Waals surface area contributed by atoms with E-state index >= 15 is 0 Å². The van der Waals surface area contributed by atoms with Crippen LogP contribution in [0.4, 0.5) is 0 Å². The van der Waals surface area contributed by atoms with E-state index in [0.29, 0.717) is 12.2 Å². The van der Waals surface area contributed by atoms with Crippen molar-refractivity contribution in [2.45, 2.75) is 19.4 Å². The summed E-state index contributed by atoms with van der Waals surface area (Å²) in [6.07, 6.45) is 2.75. The van der Waals surface area contributed by atoms with Crippen molar-refractivity contribution in [1.82, 2.24) is 29.6 Å². The van der Waals surface area contributed by atoms with E-state index in [-0.39, 0.29) is 11.9 Å². The first-order chi connectivity index (χ1) is 16.1. The van der Waals surface area contributed by atoms with Crippen molar-refractivity contribution in [3.05, 3.63) is 95.2 Å². The Balaban J connectivity index is 1.45. The van der Waals surface area contributed by atoms with Crippen LogP contribution in [0, 0.1) is 6.92 Å². The predicted octanol–water partition coefficient (Wildman–Crippen LogP) is 4.39. The lowest BCUT2D eigenvalue weighted by Crippen LogP contribution is -2.41. The van der Waals surface area contributed by atoms with E-state index in [9.17, 15) is 4.79 Å². The molecule has 1 aliphatic heterocycles. The van der Waals surface area contributed by atoms with Crippen molar-refractivity contribution in [1.29, 1.82) is 0 Å². The number of hydrogen-bond acceptors (Lipinski definition) is 3. The highest BCUT2D eigenvalue weighted by Gasteiger charge is 2.36. The third-order valence-corrected chi connectivity index (χ3v) is 6.50. The Bertz CT molecular complexity index is 1490. The van der Waals surface area contributed by atoms with Gasteiger partial charge in [0.25, 0.3) is 5.91 Å². The number of para-hydroxylation sites is 1. The minimum atomic E-state index is -0.296. The Morgan fingerprint density at radius 1 is 1.09 bits per heavy atom. The average Bonchev–Trinajstić information content (AvgIpc) is 3.55. The van der Waals surface area contributed by atoms with Gasteiger partial charge in [-0.15, -0.1) is 0 Å². The number of benzene rings is 1. The number of amides is 1. The monoisotopic (exact) mass is 436 g/mol. The Morgan fingerprint density at radius 2 is 1.97 bits per heavy atom. The van der Waals surface area contributed by atoms with Crippen LogP contribution in [0.5, 0.6) is 0 Å². The largest absolute Gasteiger partial charge is 0.356 e. The molecule has 33 heavy (non-hydrogen) atoms. The molecule has 1 amide bonds. The minimum Gasteiger partial charge on any atom is -0.356 e. The summed E-state index contributed by atoms with van der Waals surface area (Å²) in [7, 11) is 1.97. The predicted molar refractivity (Wildman–Crippen MR) is 127 cm³/mol. The molecule has 5 aromatic rings. The van der Waals surface area contributed by atoms with Gasteiger partial charge in [-0.05, 0) is 55.3 Å². The molecule has 0 saturated heterocycles. The molecule has 1 atom stereocenters. The molecule has 1 aromatic carbocycles. The number of hydrogen-bond donors (Lipinski definition) is 2. The van der Waals surface area contributed by atoms with Crippen molar-refractivity contribution in [2.75, 3.05) is 6.54 Å². The molecule has 0 fully saturated rings. The van der Waals surface area contributed by atoms with E-state index in [1.54, 1.807) is 0 Å². The number of nitrogens with zero attached hydrogens (tertiary/aromatic N) is 4. The van der Waals surface area contributed by atoms with Crippen LogP contribution in [0.1, 0.15) is 39.2 Å². The zero-order valence-electron chi connectivity index (χ0n) is 18.5. The molecule has 0 aliphatic carbocycles. The van der Waals surface area contributed by atoms with Gasteiger partial charge >= 0.3 is 0 Å². The molecule has 7 nitrogen and oxygen atoms in total. The van der Waals surface area contributed by atoms with Crippen LogP contribution in [0.2, 0.25) is 0 Å². The van der Waals surface area contributed by atoms with Gasteiger partial charge in [0, 0.05) is 42.1 Å². The van der Waals surface area contributed by atoms with Gasteiger partial charge < -0.3 is 14.5 Å². The Labute approximate surface area is 191 Å². The van der Waals surface area contributed by atoms with Crippen LogP contribution in [0.15, 0.2) is 66.9 Å². The number of carbonyl (C=O) groups is 1. The van der Waals surface area contributed by atoms with Gasteiger partial charge in [0.2, 0.25) is 0 Å². The van der Waals surface area contributed by atoms with E-state index in [2.05, 4.69) is 33.4 Å². The molecule has 2 N–H and O–H groups in total. The lowest BCUT2D eigenvalue weighted by Gasteiger charge is -2.35. The maximum Gasteiger partial charge on any atom is 0.272 e. The molecule has 164 valence electrons. The van der Waals surface area contributed by atoms with Crippen molar-refractivity contribution in [2.24, 2.45) is 7.05 Å². The number of H-pyrrole nitrogens is 2. The van der Waals surface area contributed by atoms with Crippen molar-refractivity contribution in [3.63, 3.8) is 0 Å². The standard InChI is InChI=1S/C26H24N6O/c1-16-7-5-10-20(27-16)25-24-18(17-8-3-4-9-19(17)28-24)12-14-32(25)26(33)22-15-21(29-30-22)23-11-6-13-31(23)2/h3-11,13,15,25,28H,12,14H2,1-2H3,(H,29,30)/t25-/m1/s1. The molecule has 1 aliphatic rings. The lowest BCUT2D eigenvalue weighted by atomic mass is 9.94. The van der Waals surface area contributed by atoms with Crippen LogP contribution in [0.3, 0.4) is 0 Å². The van der Waals surface area contributed by atoms with Gasteiger partial charge in [0.05, 0.1) is 11.4 Å². The number of fused-ring (bicyclic) bond motifs is 3. The van der Waals surface area contributed by atoms with Crippen molar-refractivity contribution < 1.29 is 4.79 Å². The van der Waals surface area contributed by atoms with Crippen LogP contribution < -0.4 is 0 Å². The van der Waals surface area contributed by atoms with Crippen molar-refractivity contribution >= 4 is 16.8 Å². The summed E-state index contributed by atoms with van der Waals surface area (Å²) >= 11 is 0. The van der Waals surface area contributed by atoms with Gasteiger partial charge in [-0.2, -0.15) is 5.10 Å². The topological polar surface area (TPSA) is 82.6 Å². The minimum absolute atomic E-state index is 0.0828. The van der Waals surface area contributed by atoms with E-state index in [4.69, 9.17) is 4.98 Å². The summed E-state index contributed by atoms with van der Waals surface area (Å²) in [6.45, 7) is 2.58. The first-order valence-electron chi connectivity index (χ1n) is 11.1. The zero-order valence-corrected chi connectivity index (χ0v) is 18.5. The molecule has 0 bridgehead atoms. The number of nitrogens with one attached hydrogen (secondary N) is 2. The maximum absolute atomic E-state index is 13.8. The summed E-state index contributed by atoms with van der Waals surface area (Å²) in [5, 5.41) is 8.59. The zero-order chi connectivity index (χ0) is 22.5. The van der Waals surface area contributed by atoms with Gasteiger partial charge in [-0.3, -0.25) is 14.9 Å². The molecule has 4 aromatic heterocycles. The third-order valence-electron chi connectivity index (χ3n) is 6.50. The quantitative estimate of drug-likeness (QED) is 0.440. The normalized spacial score (nSPS) is 15.7. The first kappa shape index (κ1) is 19.5. The number of aromatic nitrogens is 5. The SMILES string of the molecule is Cc1cccc([C@@H]2c3[nH]c4ccccc4c3CCN2C(=O)c2cc(-c3cccn3C)n[nH]2)n1. The molecular formula is C26H24N6O. The molecule has 0 saturated carbocycles. The number of aromatic amines is 2. The summed E-state index contributed by atoms with van der Waals surface area (Å²) in [5.74, 6) is -0.0828. The highest BCUT2D eigenvalue weighted by Crippen LogP contribution is 2.38. The fourth-order valence-corrected chi connectivity index (χ4v) is 4.93. The van der Waals surface area contributed by atoms with Crippen LogP contribution in [0.25, 0.3) is 22.3 Å². The Kier molecular flexibility index (Phi) is 4.43. The fourth-order valence-electron chi connectivity index (χ4n) is 4.93. The van der Waals surface area contributed by atoms with E-state index < -0.39 is 0 Å². The maximum atomic E-state index is 13.8. The van der Waals surface area contributed by atoms with E-state index in [1.165, 1.54) is 10.9 Å². The summed E-state index contributed by atoms with van der Waals surface area (Å²) < 4.78 is 1.99. The Morgan fingerprint density at radius 3 is 2.79 bits per heavy atom. The van der Waals surface area contributed by atoms with Gasteiger partial charge in [0.15, 0.2) is 0 Å². The van der Waals surface area contributed by atoms with Gasteiger partial charge in [-0.1, -0.05) is 24.3 Å². The summed E-state index contributed by atoms with van der Waals surface area (Å²) in [6, 6.07) is 19.8. The molecule has 0 radical (unpaired) electrons. The molecule has 6 rings (SSSR count). The average molecular weight is 437 g/mol. The van der Waals surface area contributed by atoms with Gasteiger partial charge in [0.1, 0.15) is 17.4 Å². The highest BCUT2D eigenvalue weighted by molar-refractivity contribution is 5.95. The molecular weight excluding hydrogens is 412 g/mol. The summed E-state index contributed by atoms with van der Waals surface area (Å²) in [4.78, 5) is 24.1. The summed E-state index contributed by atoms with van der Waals surface area (Å²) in [5.41, 5.74) is 7.35. The number of carbonyl (C=O) groups excluding carboxylic acids is 1. The van der Waals surface area contributed by atoms with E-state index in [0.717, 1.165) is 40.4 Å². The highest BCUT2D eigenvalue weighted by atomic mass is 16.2. The van der Waals surface area contributed by atoms with Crippen LogP contribution in [-0.4, -0.2) is 42.1 Å². The molecule has 0 spiro atoms. The number of rotatable bonds is 3. The van der Waals surface area contributed by atoms with E-state index in [1.807, 2.05) is 72.1 Å². The fraction of sp³-hybridized carbons (Fsp3) is 0.192. The lowest BCUT2D eigenvalue weighted by molar-refractivity contribution is 0.0682. The molecule has 0 unspecified atom stereocenters. The van der Waals surface area contributed by atoms with Crippen molar-refractivity contribution in [3.8, 4) is 11.4 Å². The number of aryl methyl sites for hydroxylation is 2. The number of pyridine rings is 1. The Hall–Kier alpha value is -4.13. The second-order valence-electron chi connectivity index (χ2n) is 8.59. The molecule has 7 heteroatoms. The second kappa shape index (κ2) is 7.48. The third kappa shape index (κ3) is 3.16. The first-order valence-corrected chi connectivity index (χ1v) is 11.1. The second-order valence-corrected chi connectivity index (χ2v) is 8.59. The van der Waals surface area contributed by atoms with Gasteiger partial charge in [-0.25, -0.2) is 0 Å².